The van der Waals surface area contributed by atoms with E-state index in [1.54, 1.807) is 11.0 Å². The quantitative estimate of drug-likeness (QED) is 0.676. The Morgan fingerprint density at radius 1 is 1.14 bits per heavy atom. The topological polar surface area (TPSA) is 36.4 Å². The van der Waals surface area contributed by atoms with E-state index in [4.69, 9.17) is 0 Å². The summed E-state index contributed by atoms with van der Waals surface area (Å²) in [5, 5.41) is 0. The number of hydrogen-bond donors (Lipinski definition) is 0. The van der Waals surface area contributed by atoms with E-state index in [0.717, 1.165) is 24.4 Å². The second-order valence-electron chi connectivity index (χ2n) is 7.50. The van der Waals surface area contributed by atoms with Crippen molar-refractivity contribution >= 4 is 18.3 Å². The number of aromatic nitrogens is 1. The Balaban J connectivity index is 0.00000240. The number of alkyl halides is 3. The molecule has 0 saturated carbocycles. The summed E-state index contributed by atoms with van der Waals surface area (Å²) in [6.45, 7) is 1.79. The lowest BCUT2D eigenvalue weighted by Gasteiger charge is -2.27. The van der Waals surface area contributed by atoms with Gasteiger partial charge in [-0.05, 0) is 42.8 Å². The Hall–Kier alpha value is -2.19. The summed E-state index contributed by atoms with van der Waals surface area (Å²) in [5.74, 6) is -0.227. The second-order valence-corrected chi connectivity index (χ2v) is 7.50. The first-order chi connectivity index (χ1) is 13.2. The molecule has 156 valence electrons. The van der Waals surface area contributed by atoms with E-state index < -0.39 is 11.9 Å². The number of carbonyl (C=O) groups excluding carboxylic acids is 1. The average molecular weight is 430 g/mol. The molecule has 4 rings (SSSR count). The predicted octanol–water partition coefficient (Wildman–Crippen LogP) is 4.04. The Kier molecular flexibility index (Phi) is 5.87. The van der Waals surface area contributed by atoms with Gasteiger partial charge in [0.2, 0.25) is 0 Å². The minimum absolute atomic E-state index is 0. The van der Waals surface area contributed by atoms with Gasteiger partial charge >= 0.3 is 6.18 Å². The van der Waals surface area contributed by atoms with Gasteiger partial charge in [0.1, 0.15) is 11.5 Å². The van der Waals surface area contributed by atoms with Crippen LogP contribution in [0.4, 0.5) is 17.6 Å². The maximum Gasteiger partial charge on any atom is 0.433 e. The molecule has 0 spiro atoms. The molecule has 2 aliphatic rings. The molecule has 0 bridgehead atoms. The normalized spacial score (nSPS) is 24.3. The highest BCUT2D eigenvalue weighted by Gasteiger charge is 2.47. The molecule has 1 aromatic heterocycles. The van der Waals surface area contributed by atoms with E-state index in [1.165, 1.54) is 18.2 Å². The third kappa shape index (κ3) is 4.09. The molecule has 1 aromatic carbocycles. The number of carbonyl (C=O) groups is 1. The van der Waals surface area contributed by atoms with Gasteiger partial charge in [0.15, 0.2) is 0 Å². The summed E-state index contributed by atoms with van der Waals surface area (Å²) in [4.78, 5) is 20.0. The summed E-state index contributed by atoms with van der Waals surface area (Å²) >= 11 is 0. The van der Waals surface area contributed by atoms with Crippen molar-refractivity contribution in [1.82, 2.24) is 14.8 Å². The Morgan fingerprint density at radius 3 is 2.52 bits per heavy atom. The smallest absolute Gasteiger partial charge is 0.338 e. The average Bonchev–Trinajstić information content (AvgIpc) is 3.17. The third-order valence-corrected chi connectivity index (χ3v) is 5.67. The highest BCUT2D eigenvalue weighted by molar-refractivity contribution is 5.94. The van der Waals surface area contributed by atoms with Crippen molar-refractivity contribution in [3.63, 3.8) is 0 Å². The van der Waals surface area contributed by atoms with Crippen LogP contribution >= 0.6 is 12.4 Å². The van der Waals surface area contributed by atoms with Crippen molar-refractivity contribution in [3.05, 3.63) is 65.2 Å². The summed E-state index contributed by atoms with van der Waals surface area (Å²) < 4.78 is 51.6. The lowest BCUT2D eigenvalue weighted by atomic mass is 9.89. The van der Waals surface area contributed by atoms with Crippen molar-refractivity contribution in [2.45, 2.75) is 12.2 Å². The van der Waals surface area contributed by atoms with Crippen molar-refractivity contribution in [1.29, 1.82) is 0 Å². The first-order valence-corrected chi connectivity index (χ1v) is 9.02. The molecule has 2 saturated heterocycles. The molecule has 0 N–H and O–H groups in total. The molecule has 3 atom stereocenters. The first kappa shape index (κ1) is 21.5. The molecule has 0 unspecified atom stereocenters. The number of benzene rings is 1. The summed E-state index contributed by atoms with van der Waals surface area (Å²) in [5.41, 5.74) is -0.000682. The van der Waals surface area contributed by atoms with E-state index in [2.05, 4.69) is 9.88 Å². The van der Waals surface area contributed by atoms with Crippen LogP contribution in [0.5, 0.6) is 0 Å². The molecule has 0 aliphatic carbocycles. The molecule has 4 nitrogen and oxygen atoms in total. The Morgan fingerprint density at radius 2 is 1.90 bits per heavy atom. The number of hydrogen-bond acceptors (Lipinski definition) is 3. The Labute approximate surface area is 171 Å². The number of halogens is 5. The van der Waals surface area contributed by atoms with Gasteiger partial charge in [0.25, 0.3) is 5.91 Å². The highest BCUT2D eigenvalue weighted by atomic mass is 35.5. The minimum atomic E-state index is -4.53. The summed E-state index contributed by atoms with van der Waals surface area (Å²) in [6, 6.07) is 8.49. The van der Waals surface area contributed by atoms with Crippen molar-refractivity contribution in [2.75, 3.05) is 26.7 Å². The van der Waals surface area contributed by atoms with Gasteiger partial charge in [-0.2, -0.15) is 13.2 Å². The SMILES string of the molecule is CN1C[C@H]2CN(C(=O)c3ccc(C(F)(F)F)nc3)C[C@H]2[C@@H]1c1cccc(F)c1.Cl. The van der Waals surface area contributed by atoms with Crippen LogP contribution in [0.1, 0.15) is 27.7 Å². The van der Waals surface area contributed by atoms with Crippen molar-refractivity contribution in [2.24, 2.45) is 11.8 Å². The molecule has 29 heavy (non-hydrogen) atoms. The molecule has 9 heteroatoms. The fraction of sp³-hybridized carbons (Fsp3) is 0.400. The minimum Gasteiger partial charge on any atom is -0.338 e. The van der Waals surface area contributed by atoms with Gasteiger partial charge in [0, 0.05) is 37.8 Å². The maximum atomic E-state index is 13.7. The third-order valence-electron chi connectivity index (χ3n) is 5.67. The number of likely N-dealkylation sites (tertiary alicyclic amines) is 2. The number of fused-ring (bicyclic) bond motifs is 1. The van der Waals surface area contributed by atoms with Gasteiger partial charge in [-0.3, -0.25) is 14.7 Å². The molecular weight excluding hydrogens is 410 g/mol. The largest absolute Gasteiger partial charge is 0.433 e. The molecule has 1 amide bonds. The number of pyridine rings is 1. The zero-order chi connectivity index (χ0) is 20.1. The van der Waals surface area contributed by atoms with Gasteiger partial charge < -0.3 is 4.90 Å². The second kappa shape index (κ2) is 7.91. The van der Waals surface area contributed by atoms with Crippen LogP contribution in [-0.4, -0.2) is 47.4 Å². The molecule has 0 radical (unpaired) electrons. The summed E-state index contributed by atoms with van der Waals surface area (Å²) in [7, 11) is 1.99. The monoisotopic (exact) mass is 429 g/mol. The lowest BCUT2D eigenvalue weighted by Crippen LogP contribution is -2.33. The van der Waals surface area contributed by atoms with Gasteiger partial charge in [-0.1, -0.05) is 12.1 Å². The number of amides is 1. The van der Waals surface area contributed by atoms with Crippen molar-refractivity contribution in [3.8, 4) is 0 Å². The first-order valence-electron chi connectivity index (χ1n) is 9.02. The van der Waals surface area contributed by atoms with E-state index in [0.29, 0.717) is 13.1 Å². The fourth-order valence-corrected chi connectivity index (χ4v) is 4.49. The Bertz CT molecular complexity index is 890. The van der Waals surface area contributed by atoms with Gasteiger partial charge in [0.05, 0.1) is 5.56 Å². The molecule has 2 aliphatic heterocycles. The zero-order valence-corrected chi connectivity index (χ0v) is 16.4. The van der Waals surface area contributed by atoms with E-state index in [1.807, 2.05) is 13.1 Å². The lowest BCUT2D eigenvalue weighted by molar-refractivity contribution is -0.141. The van der Waals surface area contributed by atoms with Gasteiger partial charge in [-0.25, -0.2) is 4.39 Å². The number of rotatable bonds is 2. The van der Waals surface area contributed by atoms with Crippen LogP contribution in [-0.2, 0) is 6.18 Å². The van der Waals surface area contributed by atoms with Crippen LogP contribution in [0, 0.1) is 17.7 Å². The van der Waals surface area contributed by atoms with Crippen LogP contribution in [0.2, 0.25) is 0 Å². The van der Waals surface area contributed by atoms with Crippen molar-refractivity contribution < 1.29 is 22.4 Å². The molecule has 2 fully saturated rings. The molecule has 3 heterocycles. The van der Waals surface area contributed by atoms with Crippen LogP contribution in [0.25, 0.3) is 0 Å². The van der Waals surface area contributed by atoms with Gasteiger partial charge in [-0.15, -0.1) is 12.4 Å². The fourth-order valence-electron chi connectivity index (χ4n) is 4.49. The maximum absolute atomic E-state index is 13.7. The number of nitrogens with zero attached hydrogens (tertiary/aromatic N) is 3. The van der Waals surface area contributed by atoms with Crippen LogP contribution in [0.3, 0.4) is 0 Å². The van der Waals surface area contributed by atoms with Crippen LogP contribution in [0.15, 0.2) is 42.6 Å². The standard InChI is InChI=1S/C20H19F4N3O.ClH/c1-26-9-14-10-27(11-16(14)18(26)12-3-2-4-15(21)7-12)19(28)13-5-6-17(25-8-13)20(22,23)24;/h2-8,14,16,18H,9-11H2,1H3;1H/t14-,16+,18-;/m0./s1. The predicted molar refractivity (Wildman–Crippen MR) is 101 cm³/mol. The summed E-state index contributed by atoms with van der Waals surface area (Å²) in [6.07, 6.45) is -3.55. The van der Waals surface area contributed by atoms with E-state index in [-0.39, 0.29) is 47.6 Å². The van der Waals surface area contributed by atoms with E-state index >= 15 is 0 Å². The van der Waals surface area contributed by atoms with E-state index in [9.17, 15) is 22.4 Å². The highest BCUT2D eigenvalue weighted by Crippen LogP contribution is 2.44. The zero-order valence-electron chi connectivity index (χ0n) is 15.6. The molecule has 2 aromatic rings. The van der Waals surface area contributed by atoms with Crippen LogP contribution < -0.4 is 0 Å². The molecular formula is C20H20ClF4N3O.